The zero-order chi connectivity index (χ0) is 14.7. The molecule has 1 heterocycles. The van der Waals surface area contributed by atoms with Crippen molar-refractivity contribution in [2.24, 2.45) is 5.92 Å². The summed E-state index contributed by atoms with van der Waals surface area (Å²) >= 11 is 0. The first-order chi connectivity index (χ1) is 9.54. The summed E-state index contributed by atoms with van der Waals surface area (Å²) in [7, 11) is 1.62. The number of benzene rings is 1. The highest BCUT2D eigenvalue weighted by molar-refractivity contribution is 5.71. The van der Waals surface area contributed by atoms with Gasteiger partial charge < -0.3 is 10.5 Å². The summed E-state index contributed by atoms with van der Waals surface area (Å²) in [5.41, 5.74) is 6.81. The molecule has 0 spiro atoms. The first kappa shape index (κ1) is 14.4. The molecule has 2 rings (SSSR count). The molecule has 20 heavy (non-hydrogen) atoms. The lowest BCUT2D eigenvalue weighted by atomic mass is 10.0. The van der Waals surface area contributed by atoms with E-state index in [0.29, 0.717) is 23.7 Å². The number of nitrogens with zero attached hydrogens (tertiary/aromatic N) is 4. The molecular formula is C13H18FN5O. The Morgan fingerprint density at radius 1 is 1.40 bits per heavy atom. The van der Waals surface area contributed by atoms with Crippen molar-refractivity contribution in [2.75, 3.05) is 19.5 Å². The molecule has 108 valence electrons. The highest BCUT2D eigenvalue weighted by atomic mass is 19.1. The van der Waals surface area contributed by atoms with Gasteiger partial charge in [0.1, 0.15) is 5.82 Å². The Morgan fingerprint density at radius 2 is 2.15 bits per heavy atom. The van der Waals surface area contributed by atoms with E-state index in [1.54, 1.807) is 11.8 Å². The summed E-state index contributed by atoms with van der Waals surface area (Å²) in [6.07, 6.45) is 0. The van der Waals surface area contributed by atoms with Crippen molar-refractivity contribution in [3.05, 3.63) is 24.0 Å². The predicted octanol–water partition coefficient (Wildman–Crippen LogP) is 1.90. The topological polar surface area (TPSA) is 78.8 Å². The van der Waals surface area contributed by atoms with Gasteiger partial charge in [-0.1, -0.05) is 13.8 Å². The first-order valence-electron chi connectivity index (χ1n) is 6.36. The Bertz CT molecular complexity index is 584. The molecule has 1 unspecified atom stereocenters. The second-order valence-corrected chi connectivity index (χ2v) is 4.95. The SMILES string of the molecule is COCC(C(C)C)n1nnnc1-c1cc(F)ccc1N. The van der Waals surface area contributed by atoms with Gasteiger partial charge in [0.15, 0.2) is 5.82 Å². The third-order valence-corrected chi connectivity index (χ3v) is 3.17. The zero-order valence-corrected chi connectivity index (χ0v) is 11.7. The summed E-state index contributed by atoms with van der Waals surface area (Å²) in [4.78, 5) is 0. The van der Waals surface area contributed by atoms with Gasteiger partial charge in [-0.2, -0.15) is 0 Å². The van der Waals surface area contributed by atoms with E-state index in [4.69, 9.17) is 10.5 Å². The van der Waals surface area contributed by atoms with Crippen LogP contribution in [0.3, 0.4) is 0 Å². The Labute approximate surface area is 116 Å². The number of hydrogen-bond donors (Lipinski definition) is 1. The molecular weight excluding hydrogens is 261 g/mol. The van der Waals surface area contributed by atoms with Crippen LogP contribution in [0.1, 0.15) is 19.9 Å². The zero-order valence-electron chi connectivity index (χ0n) is 11.7. The van der Waals surface area contributed by atoms with E-state index in [2.05, 4.69) is 15.5 Å². The van der Waals surface area contributed by atoms with Crippen molar-refractivity contribution in [3.8, 4) is 11.4 Å². The normalized spacial score (nSPS) is 12.8. The summed E-state index contributed by atoms with van der Waals surface area (Å²) in [5, 5.41) is 11.7. The molecule has 2 N–H and O–H groups in total. The van der Waals surface area contributed by atoms with Gasteiger partial charge in [-0.3, -0.25) is 0 Å². The average Bonchev–Trinajstić information content (AvgIpc) is 2.87. The standard InChI is InChI=1S/C13H18FN5O/c1-8(2)12(7-20-3)19-13(16-17-18-19)10-6-9(14)4-5-11(10)15/h4-6,8,12H,7,15H2,1-3H3. The number of anilines is 1. The van der Waals surface area contributed by atoms with Crippen LogP contribution in [0.25, 0.3) is 11.4 Å². The van der Waals surface area contributed by atoms with Gasteiger partial charge in [-0.15, -0.1) is 5.10 Å². The molecule has 0 saturated heterocycles. The average molecular weight is 279 g/mol. The Balaban J connectivity index is 2.49. The number of nitrogen functional groups attached to an aromatic ring is 1. The van der Waals surface area contributed by atoms with Crippen LogP contribution < -0.4 is 5.73 Å². The lowest BCUT2D eigenvalue weighted by Crippen LogP contribution is -2.22. The monoisotopic (exact) mass is 279 g/mol. The van der Waals surface area contributed by atoms with Crippen molar-refractivity contribution in [1.82, 2.24) is 20.2 Å². The molecule has 2 aromatic rings. The number of hydrogen-bond acceptors (Lipinski definition) is 5. The molecule has 7 heteroatoms. The molecule has 0 aliphatic rings. The Morgan fingerprint density at radius 3 is 2.80 bits per heavy atom. The quantitative estimate of drug-likeness (QED) is 0.846. The van der Waals surface area contributed by atoms with Crippen molar-refractivity contribution in [1.29, 1.82) is 0 Å². The summed E-state index contributed by atoms with van der Waals surface area (Å²) in [5.74, 6) is 0.321. The largest absolute Gasteiger partial charge is 0.398 e. The van der Waals surface area contributed by atoms with E-state index < -0.39 is 0 Å². The van der Waals surface area contributed by atoms with E-state index in [9.17, 15) is 4.39 Å². The van der Waals surface area contributed by atoms with Gasteiger partial charge in [0, 0.05) is 18.4 Å². The van der Waals surface area contributed by atoms with Gasteiger partial charge in [-0.25, -0.2) is 9.07 Å². The van der Waals surface area contributed by atoms with Crippen LogP contribution in [0.15, 0.2) is 18.2 Å². The Hall–Kier alpha value is -2.02. The molecule has 1 aromatic carbocycles. The number of tetrazole rings is 1. The maximum absolute atomic E-state index is 13.4. The lowest BCUT2D eigenvalue weighted by Gasteiger charge is -2.21. The van der Waals surface area contributed by atoms with Crippen LogP contribution in [0.5, 0.6) is 0 Å². The summed E-state index contributed by atoms with van der Waals surface area (Å²) in [6.45, 7) is 4.55. The van der Waals surface area contributed by atoms with E-state index >= 15 is 0 Å². The van der Waals surface area contributed by atoms with E-state index in [0.717, 1.165) is 0 Å². The van der Waals surface area contributed by atoms with E-state index in [-0.39, 0.29) is 17.8 Å². The number of ether oxygens (including phenoxy) is 1. The van der Waals surface area contributed by atoms with Crippen molar-refractivity contribution in [3.63, 3.8) is 0 Å². The minimum Gasteiger partial charge on any atom is -0.398 e. The van der Waals surface area contributed by atoms with Gasteiger partial charge >= 0.3 is 0 Å². The van der Waals surface area contributed by atoms with Crippen LogP contribution in [0, 0.1) is 11.7 Å². The third-order valence-electron chi connectivity index (χ3n) is 3.17. The summed E-state index contributed by atoms with van der Waals surface area (Å²) < 4.78 is 20.3. The molecule has 0 fully saturated rings. The van der Waals surface area contributed by atoms with Gasteiger partial charge in [0.05, 0.1) is 12.6 Å². The maximum atomic E-state index is 13.4. The Kier molecular flexibility index (Phi) is 4.29. The van der Waals surface area contributed by atoms with Gasteiger partial charge in [0.2, 0.25) is 0 Å². The molecule has 0 radical (unpaired) electrons. The molecule has 0 aliphatic carbocycles. The van der Waals surface area contributed by atoms with Crippen molar-refractivity contribution >= 4 is 5.69 Å². The van der Waals surface area contributed by atoms with Crippen LogP contribution >= 0.6 is 0 Å². The molecule has 0 saturated carbocycles. The number of aromatic nitrogens is 4. The van der Waals surface area contributed by atoms with Crippen LogP contribution in [-0.4, -0.2) is 33.9 Å². The molecule has 1 atom stereocenters. The highest BCUT2D eigenvalue weighted by Crippen LogP contribution is 2.28. The fraction of sp³-hybridized carbons (Fsp3) is 0.462. The minimum absolute atomic E-state index is 0.0485. The van der Waals surface area contributed by atoms with Crippen LogP contribution in [-0.2, 0) is 4.74 Å². The predicted molar refractivity (Wildman–Crippen MR) is 73.4 cm³/mol. The molecule has 0 amide bonds. The maximum Gasteiger partial charge on any atom is 0.184 e. The number of halogens is 1. The molecule has 0 aliphatic heterocycles. The highest BCUT2D eigenvalue weighted by Gasteiger charge is 2.22. The van der Waals surface area contributed by atoms with Gasteiger partial charge in [-0.05, 0) is 34.5 Å². The second-order valence-electron chi connectivity index (χ2n) is 4.95. The first-order valence-corrected chi connectivity index (χ1v) is 6.36. The minimum atomic E-state index is -0.378. The van der Waals surface area contributed by atoms with Crippen molar-refractivity contribution < 1.29 is 9.13 Å². The summed E-state index contributed by atoms with van der Waals surface area (Å²) in [6, 6.07) is 4.10. The van der Waals surface area contributed by atoms with Crippen LogP contribution in [0.4, 0.5) is 10.1 Å². The molecule has 6 nitrogen and oxygen atoms in total. The van der Waals surface area contributed by atoms with Crippen LogP contribution in [0.2, 0.25) is 0 Å². The van der Waals surface area contributed by atoms with Crippen molar-refractivity contribution in [2.45, 2.75) is 19.9 Å². The molecule has 1 aromatic heterocycles. The number of methoxy groups -OCH3 is 1. The fourth-order valence-electron chi connectivity index (χ4n) is 2.03. The fourth-order valence-corrected chi connectivity index (χ4v) is 2.03. The second kappa shape index (κ2) is 5.96. The number of rotatable bonds is 5. The van der Waals surface area contributed by atoms with E-state index in [1.807, 2.05) is 13.8 Å². The number of nitrogens with two attached hydrogens (primary N) is 1. The lowest BCUT2D eigenvalue weighted by molar-refractivity contribution is 0.126. The van der Waals surface area contributed by atoms with E-state index in [1.165, 1.54) is 18.2 Å². The smallest absolute Gasteiger partial charge is 0.184 e. The van der Waals surface area contributed by atoms with Gasteiger partial charge in [0.25, 0.3) is 0 Å². The third kappa shape index (κ3) is 2.77. The molecule has 0 bridgehead atoms.